The molecule has 7 nitrogen and oxygen atoms in total. The Hall–Kier alpha value is -0.280. The molecule has 5 aliphatic heterocycles. The monoisotopic (exact) mass is 764 g/mol. The second-order valence-electron chi connectivity index (χ2n) is 22.4. The lowest BCUT2D eigenvalue weighted by atomic mass is 10.0. The Bertz CT molecular complexity index is 845. The standard InChI is InChI=1S/C11H24N2.C9H20N2.3C9H19N/c1-10(2)12-6-8-13(9-7-12)11(3,4)5;1-9(2,3)11-7-5-10(4)6-8-11;3*1-9(2,3)10-7-5-4-6-8-10/h10H,6-9H2,1-5H3;5-8H2,1-4H3;3*4-8H2,1-3H3. The molecule has 0 aromatic rings. The van der Waals surface area contributed by atoms with Crippen molar-refractivity contribution in [2.75, 3.05) is 98.7 Å². The molecule has 324 valence electrons. The van der Waals surface area contributed by atoms with Crippen LogP contribution in [0.4, 0.5) is 0 Å². The first-order valence-corrected chi connectivity index (χ1v) is 22.9. The minimum atomic E-state index is 0.350. The van der Waals surface area contributed by atoms with Gasteiger partial charge in [0.1, 0.15) is 0 Å². The summed E-state index contributed by atoms with van der Waals surface area (Å²) >= 11 is 0. The third kappa shape index (κ3) is 22.0. The first-order chi connectivity index (χ1) is 24.7. The Labute approximate surface area is 341 Å². The van der Waals surface area contributed by atoms with Crippen LogP contribution in [0.2, 0.25) is 0 Å². The van der Waals surface area contributed by atoms with E-state index >= 15 is 0 Å². The molecule has 0 atom stereocenters. The van der Waals surface area contributed by atoms with E-state index in [0.29, 0.717) is 33.7 Å². The number of hydrogen-bond acceptors (Lipinski definition) is 7. The number of likely N-dealkylation sites (tertiary alicyclic amines) is 3. The van der Waals surface area contributed by atoms with Crippen molar-refractivity contribution in [3.05, 3.63) is 0 Å². The van der Waals surface area contributed by atoms with E-state index in [1.54, 1.807) is 0 Å². The molecule has 5 rings (SSSR count). The van der Waals surface area contributed by atoms with Crippen molar-refractivity contribution >= 4 is 0 Å². The number of likely N-dealkylation sites (N-methyl/N-ethyl adjacent to an activating group) is 1. The van der Waals surface area contributed by atoms with Gasteiger partial charge >= 0.3 is 0 Å². The van der Waals surface area contributed by atoms with E-state index in [1.807, 2.05) is 0 Å². The smallest absolute Gasteiger partial charge is 0.0126 e. The van der Waals surface area contributed by atoms with Crippen molar-refractivity contribution in [1.29, 1.82) is 0 Å². The van der Waals surface area contributed by atoms with E-state index in [1.165, 1.54) is 149 Å². The average molecular weight is 764 g/mol. The van der Waals surface area contributed by atoms with Crippen molar-refractivity contribution < 1.29 is 0 Å². The van der Waals surface area contributed by atoms with Crippen molar-refractivity contribution in [1.82, 2.24) is 34.3 Å². The molecule has 0 spiro atoms. The summed E-state index contributed by atoms with van der Waals surface area (Å²) in [5.41, 5.74) is 1.92. The zero-order valence-electron chi connectivity index (χ0n) is 40.5. The van der Waals surface area contributed by atoms with Crippen LogP contribution in [0.1, 0.15) is 175 Å². The molecule has 0 saturated carbocycles. The molecule has 0 aromatic heterocycles. The van der Waals surface area contributed by atoms with Crippen LogP contribution in [-0.2, 0) is 0 Å². The zero-order chi connectivity index (χ0) is 41.4. The quantitative estimate of drug-likeness (QED) is 0.262. The third-order valence-corrected chi connectivity index (χ3v) is 12.4. The predicted octanol–water partition coefficient (Wildman–Crippen LogP) is 9.66. The molecular weight excluding hydrogens is 663 g/mol. The fourth-order valence-electron chi connectivity index (χ4n) is 8.08. The first-order valence-electron chi connectivity index (χ1n) is 22.9. The van der Waals surface area contributed by atoms with Crippen LogP contribution in [0.5, 0.6) is 0 Å². The predicted molar refractivity (Wildman–Crippen MR) is 242 cm³/mol. The summed E-state index contributed by atoms with van der Waals surface area (Å²) < 4.78 is 0. The van der Waals surface area contributed by atoms with Crippen LogP contribution >= 0.6 is 0 Å². The Morgan fingerprint density at radius 1 is 0.278 bits per heavy atom. The first kappa shape index (κ1) is 51.7. The molecule has 5 fully saturated rings. The molecule has 0 N–H and O–H groups in total. The van der Waals surface area contributed by atoms with Gasteiger partial charge in [0, 0.05) is 86.1 Å². The van der Waals surface area contributed by atoms with E-state index < -0.39 is 0 Å². The van der Waals surface area contributed by atoms with Crippen molar-refractivity contribution in [2.45, 2.75) is 209 Å². The third-order valence-electron chi connectivity index (χ3n) is 12.4. The summed E-state index contributed by atoms with van der Waals surface area (Å²) in [7, 11) is 2.19. The second-order valence-corrected chi connectivity index (χ2v) is 22.4. The molecule has 0 radical (unpaired) electrons. The summed E-state index contributed by atoms with van der Waals surface area (Å²) in [6.07, 6.45) is 12.7. The van der Waals surface area contributed by atoms with Gasteiger partial charge in [-0.15, -0.1) is 0 Å². The van der Waals surface area contributed by atoms with Gasteiger partial charge in [-0.25, -0.2) is 0 Å². The van der Waals surface area contributed by atoms with Gasteiger partial charge in [-0.3, -0.25) is 29.4 Å². The summed E-state index contributed by atoms with van der Waals surface area (Å²) in [5, 5.41) is 0. The molecule has 54 heavy (non-hydrogen) atoms. The fourth-order valence-corrected chi connectivity index (χ4v) is 8.08. The Morgan fingerprint density at radius 2 is 0.481 bits per heavy atom. The summed E-state index contributed by atoms with van der Waals surface area (Å²) in [4.78, 5) is 17.8. The lowest BCUT2D eigenvalue weighted by Crippen LogP contribution is -2.54. The highest BCUT2D eigenvalue weighted by molar-refractivity contribution is 4.84. The number of hydrogen-bond donors (Lipinski definition) is 0. The SMILES string of the molecule is CC(C)(C)N1CCCCC1.CC(C)(C)N1CCCCC1.CC(C)(C)N1CCCCC1.CC(C)N1CCN(C(C)(C)C)CC1.CN1CCN(C(C)(C)C)CC1. The summed E-state index contributed by atoms with van der Waals surface area (Å²) in [6.45, 7) is 56.7. The highest BCUT2D eigenvalue weighted by Gasteiger charge is 2.27. The Morgan fingerprint density at radius 3 is 0.667 bits per heavy atom. The lowest BCUT2D eigenvalue weighted by Gasteiger charge is -2.43. The topological polar surface area (TPSA) is 22.7 Å². The van der Waals surface area contributed by atoms with Gasteiger partial charge in [0.25, 0.3) is 0 Å². The second kappa shape index (κ2) is 24.0. The molecule has 0 aliphatic carbocycles. The lowest BCUT2D eigenvalue weighted by molar-refractivity contribution is 0.0491. The van der Waals surface area contributed by atoms with Gasteiger partial charge in [-0.1, -0.05) is 19.3 Å². The number of rotatable bonds is 1. The van der Waals surface area contributed by atoms with E-state index in [-0.39, 0.29) is 0 Å². The van der Waals surface area contributed by atoms with Crippen LogP contribution in [0.25, 0.3) is 0 Å². The maximum atomic E-state index is 2.58. The molecule has 0 bridgehead atoms. The fraction of sp³-hybridized carbons (Fsp3) is 1.00. The van der Waals surface area contributed by atoms with Crippen LogP contribution in [0.3, 0.4) is 0 Å². The summed E-state index contributed by atoms with van der Waals surface area (Å²) in [6, 6.07) is 0.710. The molecule has 5 aliphatic rings. The van der Waals surface area contributed by atoms with Crippen LogP contribution in [0, 0.1) is 0 Å². The molecular formula is C47H101N7. The zero-order valence-corrected chi connectivity index (χ0v) is 40.5. The van der Waals surface area contributed by atoms with E-state index in [2.05, 4.69) is 159 Å². The van der Waals surface area contributed by atoms with Crippen LogP contribution in [-0.4, -0.2) is 167 Å². The average Bonchev–Trinajstić information content (AvgIpc) is 3.09. The van der Waals surface area contributed by atoms with Gasteiger partial charge < -0.3 is 4.90 Å². The largest absolute Gasteiger partial charge is 0.304 e. The van der Waals surface area contributed by atoms with Crippen LogP contribution in [0.15, 0.2) is 0 Å². The maximum Gasteiger partial charge on any atom is 0.0126 e. The Balaban J connectivity index is 0.000000339. The normalized spacial score (nSPS) is 23.2. The highest BCUT2D eigenvalue weighted by Crippen LogP contribution is 2.21. The minimum Gasteiger partial charge on any atom is -0.304 e. The van der Waals surface area contributed by atoms with E-state index in [0.717, 1.165) is 0 Å². The number of nitrogens with zero attached hydrogens (tertiary/aromatic N) is 7. The minimum absolute atomic E-state index is 0.350. The van der Waals surface area contributed by atoms with Gasteiger partial charge in [0.2, 0.25) is 0 Å². The number of piperidine rings is 3. The molecule has 0 unspecified atom stereocenters. The van der Waals surface area contributed by atoms with Gasteiger partial charge in [0.15, 0.2) is 0 Å². The highest BCUT2D eigenvalue weighted by atomic mass is 15.3. The maximum absolute atomic E-state index is 2.58. The van der Waals surface area contributed by atoms with Gasteiger partial charge in [-0.2, -0.15) is 0 Å². The van der Waals surface area contributed by atoms with Gasteiger partial charge in [0.05, 0.1) is 0 Å². The van der Waals surface area contributed by atoms with Crippen molar-refractivity contribution in [2.24, 2.45) is 0 Å². The van der Waals surface area contributed by atoms with E-state index in [9.17, 15) is 0 Å². The molecule has 7 heteroatoms. The van der Waals surface area contributed by atoms with Crippen molar-refractivity contribution in [3.63, 3.8) is 0 Å². The van der Waals surface area contributed by atoms with Gasteiger partial charge in [-0.05, 0) is 203 Å². The molecule has 5 saturated heterocycles. The Kier molecular flexibility index (Phi) is 23.0. The van der Waals surface area contributed by atoms with E-state index in [4.69, 9.17) is 0 Å². The number of piperazine rings is 2. The van der Waals surface area contributed by atoms with Crippen molar-refractivity contribution in [3.8, 4) is 0 Å². The molecule has 5 heterocycles. The van der Waals surface area contributed by atoms with Crippen LogP contribution < -0.4 is 0 Å². The summed E-state index contributed by atoms with van der Waals surface area (Å²) in [5.74, 6) is 0. The molecule has 0 amide bonds. The molecule has 0 aromatic carbocycles.